The van der Waals surface area contributed by atoms with Crippen LogP contribution >= 0.6 is 15.9 Å². The molecule has 0 atom stereocenters. The van der Waals surface area contributed by atoms with Crippen molar-refractivity contribution < 1.29 is 0 Å². The minimum absolute atomic E-state index is 0.534. The number of anilines is 3. The molecule has 0 saturated heterocycles. The highest BCUT2D eigenvalue weighted by Gasteiger charge is 2.07. The highest BCUT2D eigenvalue weighted by molar-refractivity contribution is 9.10. The van der Waals surface area contributed by atoms with E-state index >= 15 is 0 Å². The Morgan fingerprint density at radius 1 is 1.12 bits per heavy atom. The number of aryl methyl sites for hydroxylation is 1. The molecule has 0 bridgehead atoms. The van der Waals surface area contributed by atoms with Crippen molar-refractivity contribution in [3.05, 3.63) is 71.2 Å². The van der Waals surface area contributed by atoms with Crippen LogP contribution < -0.4 is 10.6 Å². The summed E-state index contributed by atoms with van der Waals surface area (Å²) in [5, 5.41) is 7.72. The second-order valence-electron chi connectivity index (χ2n) is 5.89. The Bertz CT molecular complexity index is 1040. The highest BCUT2D eigenvalue weighted by atomic mass is 79.9. The first-order chi connectivity index (χ1) is 12.7. The zero-order valence-corrected chi connectivity index (χ0v) is 15.7. The molecule has 0 amide bonds. The van der Waals surface area contributed by atoms with Crippen LogP contribution in [0.5, 0.6) is 0 Å². The van der Waals surface area contributed by atoms with Crippen molar-refractivity contribution in [1.82, 2.24) is 19.5 Å². The molecule has 3 heterocycles. The normalized spacial score (nSPS) is 10.8. The van der Waals surface area contributed by atoms with Crippen LogP contribution in [0.1, 0.15) is 5.69 Å². The van der Waals surface area contributed by atoms with Crippen LogP contribution in [0.15, 0.2) is 65.5 Å². The molecule has 0 aliphatic rings. The van der Waals surface area contributed by atoms with E-state index in [1.165, 1.54) is 10.9 Å². The lowest BCUT2D eigenvalue weighted by Crippen LogP contribution is -2.06. The third-order valence-corrected chi connectivity index (χ3v) is 4.63. The Labute approximate surface area is 159 Å². The van der Waals surface area contributed by atoms with Crippen molar-refractivity contribution >= 4 is 44.3 Å². The second-order valence-corrected chi connectivity index (χ2v) is 6.74. The van der Waals surface area contributed by atoms with Gasteiger partial charge in [-0.1, -0.05) is 6.07 Å². The van der Waals surface area contributed by atoms with E-state index < -0.39 is 0 Å². The Hall–Kier alpha value is -2.93. The summed E-state index contributed by atoms with van der Waals surface area (Å²) in [4.78, 5) is 13.2. The highest BCUT2D eigenvalue weighted by Crippen LogP contribution is 2.24. The molecule has 0 unspecified atom stereocenters. The van der Waals surface area contributed by atoms with Gasteiger partial charge in [0, 0.05) is 42.2 Å². The van der Waals surface area contributed by atoms with E-state index in [-0.39, 0.29) is 0 Å². The van der Waals surface area contributed by atoms with Gasteiger partial charge in [-0.3, -0.25) is 4.98 Å². The number of nitrogens with zero attached hydrogens (tertiary/aromatic N) is 4. The molecular weight excluding hydrogens is 392 g/mol. The summed E-state index contributed by atoms with van der Waals surface area (Å²) in [6.07, 6.45) is 5.56. The van der Waals surface area contributed by atoms with Gasteiger partial charge in [0.15, 0.2) is 0 Å². The lowest BCUT2D eigenvalue weighted by molar-refractivity contribution is 0.969. The fourth-order valence-corrected chi connectivity index (χ4v) is 3.05. The van der Waals surface area contributed by atoms with Gasteiger partial charge in [-0.25, -0.2) is 4.98 Å². The van der Waals surface area contributed by atoms with Gasteiger partial charge in [-0.05, 0) is 52.3 Å². The van der Waals surface area contributed by atoms with E-state index in [0.29, 0.717) is 18.3 Å². The molecule has 2 N–H and O–H groups in total. The monoisotopic (exact) mass is 408 g/mol. The summed E-state index contributed by atoms with van der Waals surface area (Å²) in [6, 6.07) is 14.1. The van der Waals surface area contributed by atoms with Crippen molar-refractivity contribution in [3.8, 4) is 0 Å². The van der Waals surface area contributed by atoms with Gasteiger partial charge in [0.2, 0.25) is 5.95 Å². The number of fused-ring (bicyclic) bond motifs is 1. The van der Waals surface area contributed by atoms with Crippen LogP contribution in [-0.4, -0.2) is 19.5 Å². The molecule has 1 aromatic carbocycles. The lowest BCUT2D eigenvalue weighted by atomic mass is 10.2. The summed E-state index contributed by atoms with van der Waals surface area (Å²) >= 11 is 3.49. The second kappa shape index (κ2) is 7.13. The molecule has 7 heteroatoms. The molecule has 0 fully saturated rings. The minimum Gasteiger partial charge on any atom is -0.363 e. The molecule has 3 aromatic heterocycles. The molecule has 0 aliphatic carbocycles. The number of pyridine rings is 1. The Morgan fingerprint density at radius 3 is 2.88 bits per heavy atom. The maximum atomic E-state index is 4.55. The van der Waals surface area contributed by atoms with E-state index in [0.717, 1.165) is 15.9 Å². The van der Waals surface area contributed by atoms with E-state index in [9.17, 15) is 0 Å². The quantitative estimate of drug-likeness (QED) is 0.509. The van der Waals surface area contributed by atoms with Gasteiger partial charge in [0.05, 0.1) is 16.7 Å². The zero-order valence-electron chi connectivity index (χ0n) is 14.1. The average molecular weight is 409 g/mol. The Balaban J connectivity index is 1.52. The van der Waals surface area contributed by atoms with E-state index in [2.05, 4.69) is 64.3 Å². The summed E-state index contributed by atoms with van der Waals surface area (Å²) in [7, 11) is 2.03. The molecule has 4 aromatic rings. The summed E-state index contributed by atoms with van der Waals surface area (Å²) in [5.74, 6) is 1.25. The smallest absolute Gasteiger partial charge is 0.229 e. The summed E-state index contributed by atoms with van der Waals surface area (Å²) in [6.45, 7) is 0.589. The molecule has 0 spiro atoms. The van der Waals surface area contributed by atoms with Crippen molar-refractivity contribution in [2.75, 3.05) is 10.6 Å². The summed E-state index contributed by atoms with van der Waals surface area (Å²) < 4.78 is 2.90. The van der Waals surface area contributed by atoms with Crippen LogP contribution in [0.3, 0.4) is 0 Å². The van der Waals surface area contributed by atoms with Crippen LogP contribution in [0, 0.1) is 0 Å². The van der Waals surface area contributed by atoms with Crippen molar-refractivity contribution in [2.45, 2.75) is 6.54 Å². The third-order valence-electron chi connectivity index (χ3n) is 4.05. The zero-order chi connectivity index (χ0) is 17.9. The number of hydrogen-bond acceptors (Lipinski definition) is 5. The standard InChI is InChI=1S/C19H17BrN6/c1-26-9-7-13-10-14(5-6-17(13)26)24-19-23-12-16(20)18(25-19)22-11-15-4-2-3-8-21-15/h2-10,12H,11H2,1H3,(H2,22,23,24,25). The van der Waals surface area contributed by atoms with Crippen molar-refractivity contribution in [2.24, 2.45) is 7.05 Å². The van der Waals surface area contributed by atoms with E-state index in [1.807, 2.05) is 37.5 Å². The maximum Gasteiger partial charge on any atom is 0.229 e. The average Bonchev–Trinajstić information content (AvgIpc) is 3.03. The topological polar surface area (TPSA) is 67.7 Å². The third kappa shape index (κ3) is 3.52. The minimum atomic E-state index is 0.534. The van der Waals surface area contributed by atoms with Gasteiger partial charge in [-0.15, -0.1) is 0 Å². The number of aromatic nitrogens is 4. The number of benzene rings is 1. The van der Waals surface area contributed by atoms with Gasteiger partial charge >= 0.3 is 0 Å². The predicted octanol–water partition coefficient (Wildman–Crippen LogP) is 4.48. The Kier molecular flexibility index (Phi) is 4.53. The molecule has 26 heavy (non-hydrogen) atoms. The van der Waals surface area contributed by atoms with Crippen LogP contribution in [0.25, 0.3) is 10.9 Å². The van der Waals surface area contributed by atoms with Gasteiger partial charge in [-0.2, -0.15) is 4.98 Å². The number of halogens is 1. The predicted molar refractivity (Wildman–Crippen MR) is 107 cm³/mol. The fraction of sp³-hybridized carbons (Fsp3) is 0.105. The van der Waals surface area contributed by atoms with Crippen LogP contribution in [-0.2, 0) is 13.6 Å². The van der Waals surface area contributed by atoms with Crippen LogP contribution in [0.4, 0.5) is 17.5 Å². The molecule has 0 saturated carbocycles. The van der Waals surface area contributed by atoms with Crippen molar-refractivity contribution in [1.29, 1.82) is 0 Å². The van der Waals surface area contributed by atoms with Crippen LogP contribution in [0.2, 0.25) is 0 Å². The molecule has 130 valence electrons. The number of nitrogens with one attached hydrogen (secondary N) is 2. The molecule has 0 aliphatic heterocycles. The largest absolute Gasteiger partial charge is 0.363 e. The summed E-state index contributed by atoms with van der Waals surface area (Å²) in [5.41, 5.74) is 3.08. The van der Waals surface area contributed by atoms with Gasteiger partial charge in [0.1, 0.15) is 5.82 Å². The van der Waals surface area contributed by atoms with E-state index in [4.69, 9.17) is 0 Å². The van der Waals surface area contributed by atoms with Gasteiger partial charge in [0.25, 0.3) is 0 Å². The van der Waals surface area contributed by atoms with Crippen molar-refractivity contribution in [3.63, 3.8) is 0 Å². The Morgan fingerprint density at radius 2 is 2.04 bits per heavy atom. The molecule has 4 rings (SSSR count). The lowest BCUT2D eigenvalue weighted by Gasteiger charge is -2.10. The fourth-order valence-electron chi connectivity index (χ4n) is 2.72. The SMILES string of the molecule is Cn1ccc2cc(Nc3ncc(Br)c(NCc4ccccn4)n3)ccc21. The maximum absolute atomic E-state index is 4.55. The first-order valence-corrected chi connectivity index (χ1v) is 8.97. The molecular formula is C19H17BrN6. The molecule has 0 radical (unpaired) electrons. The van der Waals surface area contributed by atoms with E-state index in [1.54, 1.807) is 12.4 Å². The first-order valence-electron chi connectivity index (χ1n) is 8.17. The first kappa shape index (κ1) is 16.5. The van der Waals surface area contributed by atoms with Gasteiger partial charge < -0.3 is 15.2 Å². The number of hydrogen-bond donors (Lipinski definition) is 2. The number of rotatable bonds is 5. The molecule has 6 nitrogen and oxygen atoms in total.